The first kappa shape index (κ1) is 21.5. The number of carbonyl (C=O) groups excluding carboxylic acids is 1. The predicted octanol–water partition coefficient (Wildman–Crippen LogP) is 6.06. The molecule has 0 fully saturated rings. The van der Waals surface area contributed by atoms with E-state index in [1.54, 1.807) is 0 Å². The van der Waals surface area contributed by atoms with Gasteiger partial charge in [-0.05, 0) is 59.2 Å². The molecule has 0 saturated carbocycles. The molecule has 5 heteroatoms. The Kier molecular flexibility index (Phi) is 7.08. The molecule has 0 aliphatic rings. The summed E-state index contributed by atoms with van der Waals surface area (Å²) in [6, 6.07) is 26.9. The second kappa shape index (κ2) is 10.5. The number of benzene rings is 3. The van der Waals surface area contributed by atoms with E-state index in [9.17, 15) is 4.79 Å². The number of ether oxygens (including phenoxy) is 1. The minimum absolute atomic E-state index is 0.375. The van der Waals surface area contributed by atoms with Crippen molar-refractivity contribution in [2.75, 3.05) is 19.0 Å². The Morgan fingerprint density at radius 2 is 1.75 bits per heavy atom. The summed E-state index contributed by atoms with van der Waals surface area (Å²) < 4.78 is 7.60. The van der Waals surface area contributed by atoms with Crippen LogP contribution in [-0.2, 0) is 17.8 Å². The van der Waals surface area contributed by atoms with Gasteiger partial charge in [0.1, 0.15) is 0 Å². The van der Waals surface area contributed by atoms with Crippen LogP contribution in [0.15, 0.2) is 85.1 Å². The van der Waals surface area contributed by atoms with Crippen LogP contribution < -0.4 is 10.6 Å². The van der Waals surface area contributed by atoms with Gasteiger partial charge < -0.3 is 19.9 Å². The maximum absolute atomic E-state index is 12.1. The molecular formula is C27H29N3O2. The van der Waals surface area contributed by atoms with Crippen LogP contribution in [-0.4, -0.2) is 24.3 Å². The van der Waals surface area contributed by atoms with E-state index in [1.807, 2.05) is 37.4 Å². The fourth-order valence-corrected chi connectivity index (χ4v) is 3.80. The topological polar surface area (TPSA) is 55.3 Å². The Morgan fingerprint density at radius 3 is 2.59 bits per heavy atom. The van der Waals surface area contributed by atoms with Crippen LogP contribution in [0.3, 0.4) is 0 Å². The first-order valence-corrected chi connectivity index (χ1v) is 11.0. The predicted molar refractivity (Wildman–Crippen MR) is 131 cm³/mol. The molecule has 0 unspecified atom stereocenters. The van der Waals surface area contributed by atoms with Crippen molar-refractivity contribution in [2.24, 2.45) is 0 Å². The van der Waals surface area contributed by atoms with E-state index in [0.29, 0.717) is 13.2 Å². The van der Waals surface area contributed by atoms with Crippen LogP contribution in [0.5, 0.6) is 0 Å². The number of unbranched alkanes of at least 4 members (excludes halogenated alkanes) is 1. The van der Waals surface area contributed by atoms with Gasteiger partial charge in [0.2, 0.25) is 0 Å². The van der Waals surface area contributed by atoms with E-state index < -0.39 is 0 Å². The van der Waals surface area contributed by atoms with Gasteiger partial charge in [0, 0.05) is 32.0 Å². The van der Waals surface area contributed by atoms with Gasteiger partial charge in [-0.3, -0.25) is 0 Å². The number of aryl methyl sites for hydroxylation is 1. The third-order valence-corrected chi connectivity index (χ3v) is 5.56. The number of aromatic nitrogens is 1. The van der Waals surface area contributed by atoms with Gasteiger partial charge >= 0.3 is 6.09 Å². The van der Waals surface area contributed by atoms with Crippen molar-refractivity contribution < 1.29 is 9.53 Å². The highest BCUT2D eigenvalue weighted by atomic mass is 16.5. The molecule has 0 spiro atoms. The van der Waals surface area contributed by atoms with E-state index in [4.69, 9.17) is 4.74 Å². The Hall–Kier alpha value is -3.73. The molecule has 0 bridgehead atoms. The van der Waals surface area contributed by atoms with E-state index in [-0.39, 0.29) is 6.09 Å². The summed E-state index contributed by atoms with van der Waals surface area (Å²) in [6.07, 6.45) is 3.50. The number of nitrogens with one attached hydrogen (secondary N) is 2. The maximum atomic E-state index is 12.1. The number of anilines is 1. The fraction of sp³-hybridized carbons (Fsp3) is 0.222. The zero-order valence-corrected chi connectivity index (χ0v) is 18.4. The Bertz CT molecular complexity index is 1170. The molecule has 0 atom stereocenters. The number of alkyl carbamates (subject to hydrolysis) is 1. The van der Waals surface area contributed by atoms with E-state index >= 15 is 0 Å². The number of amides is 1. The lowest BCUT2D eigenvalue weighted by atomic mass is 10.0. The van der Waals surface area contributed by atoms with E-state index in [1.165, 1.54) is 10.9 Å². The monoisotopic (exact) mass is 427 g/mol. The first-order chi connectivity index (χ1) is 15.7. The summed E-state index contributed by atoms with van der Waals surface area (Å²) in [5, 5.41) is 7.26. The summed E-state index contributed by atoms with van der Waals surface area (Å²) in [7, 11) is 1.93. The average molecular weight is 428 g/mol. The molecule has 32 heavy (non-hydrogen) atoms. The Morgan fingerprint density at radius 1 is 0.906 bits per heavy atom. The zero-order chi connectivity index (χ0) is 22.2. The highest BCUT2D eigenvalue weighted by molar-refractivity contribution is 5.83. The summed E-state index contributed by atoms with van der Waals surface area (Å²) in [5.41, 5.74) is 5.66. The number of nitrogens with zero attached hydrogens (tertiary/aromatic N) is 1. The number of rotatable bonds is 9. The third-order valence-electron chi connectivity index (χ3n) is 5.56. The lowest BCUT2D eigenvalue weighted by Gasteiger charge is -2.09. The van der Waals surface area contributed by atoms with E-state index in [2.05, 4.69) is 69.9 Å². The molecule has 0 saturated heterocycles. The number of hydrogen-bond acceptors (Lipinski definition) is 3. The van der Waals surface area contributed by atoms with Gasteiger partial charge in [0.25, 0.3) is 0 Å². The molecule has 1 heterocycles. The standard InChI is InChI=1S/C27H29N3O2/c1-28-25-13-12-23-14-16-30(26(23)19-25)15-5-6-17-32-27(31)29-20-21-8-7-11-24(18-21)22-9-3-2-4-10-22/h2-4,7-14,16,18-19,28H,5-6,15,17,20H2,1H3,(H,29,31). The summed E-state index contributed by atoms with van der Waals surface area (Å²) in [4.78, 5) is 12.1. The minimum atomic E-state index is -0.375. The van der Waals surface area contributed by atoms with Gasteiger partial charge in [0.05, 0.1) is 12.1 Å². The van der Waals surface area contributed by atoms with Gasteiger partial charge in [0.15, 0.2) is 0 Å². The second-order valence-corrected chi connectivity index (χ2v) is 7.80. The molecule has 1 aromatic heterocycles. The van der Waals surface area contributed by atoms with E-state index in [0.717, 1.165) is 41.8 Å². The summed E-state index contributed by atoms with van der Waals surface area (Å²) in [5.74, 6) is 0. The lowest BCUT2D eigenvalue weighted by molar-refractivity contribution is 0.143. The van der Waals surface area contributed by atoms with Crippen molar-refractivity contribution in [2.45, 2.75) is 25.9 Å². The minimum Gasteiger partial charge on any atom is -0.450 e. The lowest BCUT2D eigenvalue weighted by Crippen LogP contribution is -2.24. The van der Waals surface area contributed by atoms with Gasteiger partial charge in [-0.1, -0.05) is 54.6 Å². The first-order valence-electron chi connectivity index (χ1n) is 11.0. The molecule has 2 N–H and O–H groups in total. The van der Waals surface area contributed by atoms with Crippen LogP contribution in [0.2, 0.25) is 0 Å². The van der Waals surface area contributed by atoms with Crippen LogP contribution >= 0.6 is 0 Å². The van der Waals surface area contributed by atoms with Crippen LogP contribution in [0, 0.1) is 0 Å². The fourth-order valence-electron chi connectivity index (χ4n) is 3.80. The van der Waals surface area contributed by atoms with Crippen molar-refractivity contribution in [1.29, 1.82) is 0 Å². The second-order valence-electron chi connectivity index (χ2n) is 7.80. The average Bonchev–Trinajstić information content (AvgIpc) is 3.25. The highest BCUT2D eigenvalue weighted by Crippen LogP contribution is 2.21. The molecule has 164 valence electrons. The normalized spacial score (nSPS) is 10.8. The number of hydrogen-bond donors (Lipinski definition) is 2. The van der Waals surface area contributed by atoms with Gasteiger partial charge in [-0.25, -0.2) is 4.79 Å². The van der Waals surface area contributed by atoms with Crippen molar-refractivity contribution in [3.8, 4) is 11.1 Å². The molecule has 5 nitrogen and oxygen atoms in total. The van der Waals surface area contributed by atoms with Crippen molar-refractivity contribution in [1.82, 2.24) is 9.88 Å². The van der Waals surface area contributed by atoms with Crippen molar-refractivity contribution >= 4 is 22.7 Å². The third kappa shape index (κ3) is 5.49. The molecule has 0 aliphatic carbocycles. The Labute approximate surface area is 189 Å². The largest absolute Gasteiger partial charge is 0.450 e. The maximum Gasteiger partial charge on any atom is 0.407 e. The van der Waals surface area contributed by atoms with Crippen LogP contribution in [0.25, 0.3) is 22.0 Å². The molecule has 0 aliphatic heterocycles. The van der Waals surface area contributed by atoms with Crippen molar-refractivity contribution in [3.05, 3.63) is 90.6 Å². The molecule has 4 aromatic rings. The van der Waals surface area contributed by atoms with Gasteiger partial charge in [-0.15, -0.1) is 0 Å². The molecule has 4 rings (SSSR count). The van der Waals surface area contributed by atoms with Gasteiger partial charge in [-0.2, -0.15) is 0 Å². The molecule has 0 radical (unpaired) electrons. The SMILES string of the molecule is CNc1ccc2ccn(CCCCOC(=O)NCc3cccc(-c4ccccc4)c3)c2c1. The summed E-state index contributed by atoms with van der Waals surface area (Å²) in [6.45, 7) is 1.76. The number of carbonyl (C=O) groups is 1. The van der Waals surface area contributed by atoms with Crippen molar-refractivity contribution in [3.63, 3.8) is 0 Å². The van der Waals surface area contributed by atoms with Crippen LogP contribution in [0.1, 0.15) is 18.4 Å². The zero-order valence-electron chi connectivity index (χ0n) is 18.4. The quantitative estimate of drug-likeness (QED) is 0.319. The number of fused-ring (bicyclic) bond motifs is 1. The Balaban J connectivity index is 1.19. The molecule has 1 amide bonds. The van der Waals surface area contributed by atoms with Crippen LogP contribution in [0.4, 0.5) is 10.5 Å². The highest BCUT2D eigenvalue weighted by Gasteiger charge is 2.05. The summed E-state index contributed by atoms with van der Waals surface area (Å²) >= 11 is 0. The molecular weight excluding hydrogens is 398 g/mol. The smallest absolute Gasteiger partial charge is 0.407 e. The molecule has 3 aromatic carbocycles.